The molecule has 0 aliphatic heterocycles. The van der Waals surface area contributed by atoms with Crippen molar-refractivity contribution in [3.8, 4) is 0 Å². The molecule has 0 unspecified atom stereocenters. The number of benzene rings is 1. The Hall–Kier alpha value is -2.56. The Morgan fingerprint density at radius 2 is 1.90 bits per heavy atom. The third-order valence-corrected chi connectivity index (χ3v) is 2.73. The zero-order chi connectivity index (χ0) is 14.4. The molecule has 5 nitrogen and oxygen atoms in total. The number of carbonyl (C=O) groups is 2. The zero-order valence-corrected chi connectivity index (χ0v) is 11.2. The summed E-state index contributed by atoms with van der Waals surface area (Å²) in [5.41, 5.74) is 1.08. The molecule has 1 aromatic carbocycles. The van der Waals surface area contributed by atoms with Crippen molar-refractivity contribution < 1.29 is 14.3 Å². The second-order valence-electron chi connectivity index (χ2n) is 4.12. The van der Waals surface area contributed by atoms with Crippen molar-refractivity contribution in [1.29, 1.82) is 0 Å². The van der Waals surface area contributed by atoms with E-state index in [1.54, 1.807) is 37.4 Å². The van der Waals surface area contributed by atoms with Crippen LogP contribution in [-0.2, 0) is 9.53 Å². The third kappa shape index (κ3) is 3.26. The number of ether oxygens (including phenoxy) is 1. The number of H-pyrrole nitrogens is 1. The molecule has 1 amide bonds. The van der Waals surface area contributed by atoms with Crippen LogP contribution in [0.1, 0.15) is 17.4 Å². The fraction of sp³-hybridized carbons (Fsp3) is 0.200. The van der Waals surface area contributed by atoms with Gasteiger partial charge in [-0.3, -0.25) is 14.5 Å². The first-order chi connectivity index (χ1) is 9.72. The molecule has 0 saturated carbocycles. The molecule has 0 bridgehead atoms. The van der Waals surface area contributed by atoms with Crippen LogP contribution in [0.4, 0.5) is 5.69 Å². The number of rotatable bonds is 5. The van der Waals surface area contributed by atoms with Gasteiger partial charge in [0.25, 0.3) is 5.91 Å². The lowest BCUT2D eigenvalue weighted by Gasteiger charge is -2.21. The molecule has 1 heterocycles. The average Bonchev–Trinajstić information content (AvgIpc) is 2.99. The van der Waals surface area contributed by atoms with E-state index < -0.39 is 5.97 Å². The van der Waals surface area contributed by atoms with Crippen molar-refractivity contribution in [2.24, 2.45) is 0 Å². The van der Waals surface area contributed by atoms with E-state index in [0.717, 1.165) is 0 Å². The molecule has 0 radical (unpaired) electrons. The summed E-state index contributed by atoms with van der Waals surface area (Å²) < 4.78 is 4.92. The highest BCUT2D eigenvalue weighted by Gasteiger charge is 2.21. The van der Waals surface area contributed by atoms with Gasteiger partial charge in [0, 0.05) is 11.9 Å². The van der Waals surface area contributed by atoms with Gasteiger partial charge in [-0.25, -0.2) is 0 Å². The van der Waals surface area contributed by atoms with Crippen molar-refractivity contribution in [3.63, 3.8) is 0 Å². The predicted molar refractivity (Wildman–Crippen MR) is 75.5 cm³/mol. The van der Waals surface area contributed by atoms with Crippen molar-refractivity contribution >= 4 is 17.6 Å². The molecule has 0 fully saturated rings. The molecule has 104 valence electrons. The smallest absolute Gasteiger partial charge is 0.326 e. The molecule has 5 heteroatoms. The number of nitrogens with zero attached hydrogens (tertiary/aromatic N) is 1. The molecule has 1 N–H and O–H groups in total. The van der Waals surface area contributed by atoms with Gasteiger partial charge in [0.05, 0.1) is 6.61 Å². The van der Waals surface area contributed by atoms with Gasteiger partial charge in [-0.05, 0) is 31.2 Å². The van der Waals surface area contributed by atoms with Crippen molar-refractivity contribution in [1.82, 2.24) is 4.98 Å². The van der Waals surface area contributed by atoms with Gasteiger partial charge in [0.2, 0.25) is 0 Å². The Balaban J connectivity index is 2.25. The number of carbonyl (C=O) groups excluding carboxylic acids is 2. The summed E-state index contributed by atoms with van der Waals surface area (Å²) >= 11 is 0. The van der Waals surface area contributed by atoms with Gasteiger partial charge in [-0.1, -0.05) is 18.2 Å². The van der Waals surface area contributed by atoms with Crippen molar-refractivity contribution in [2.45, 2.75) is 6.92 Å². The largest absolute Gasteiger partial charge is 0.465 e. The molecule has 0 saturated heterocycles. The summed E-state index contributed by atoms with van der Waals surface area (Å²) in [6.07, 6.45) is 1.67. The van der Waals surface area contributed by atoms with Gasteiger partial charge >= 0.3 is 5.97 Å². The molecule has 0 spiro atoms. The minimum atomic E-state index is -0.434. The lowest BCUT2D eigenvalue weighted by Crippen LogP contribution is -2.36. The fourth-order valence-corrected chi connectivity index (χ4v) is 1.83. The Morgan fingerprint density at radius 1 is 1.15 bits per heavy atom. The van der Waals surface area contributed by atoms with E-state index in [1.165, 1.54) is 4.90 Å². The monoisotopic (exact) mass is 272 g/mol. The molecule has 0 atom stereocenters. The molecule has 2 rings (SSSR count). The van der Waals surface area contributed by atoms with Crippen LogP contribution in [0.5, 0.6) is 0 Å². The summed E-state index contributed by atoms with van der Waals surface area (Å²) in [5, 5.41) is 0. The highest BCUT2D eigenvalue weighted by molar-refractivity contribution is 6.07. The van der Waals surface area contributed by atoms with Crippen LogP contribution in [0.3, 0.4) is 0 Å². The van der Waals surface area contributed by atoms with Crippen molar-refractivity contribution in [3.05, 3.63) is 54.4 Å². The van der Waals surface area contributed by atoms with E-state index >= 15 is 0 Å². The maximum Gasteiger partial charge on any atom is 0.326 e. The quantitative estimate of drug-likeness (QED) is 0.849. The summed E-state index contributed by atoms with van der Waals surface area (Å²) in [5.74, 6) is -0.703. The molecule has 2 aromatic rings. The van der Waals surface area contributed by atoms with E-state index in [1.807, 2.05) is 18.2 Å². The Kier molecular flexibility index (Phi) is 4.55. The molecular weight excluding hydrogens is 256 g/mol. The number of hydrogen-bond donors (Lipinski definition) is 1. The molecule has 0 aliphatic carbocycles. The molecule has 0 aliphatic rings. The van der Waals surface area contributed by atoms with E-state index in [-0.39, 0.29) is 19.1 Å². The minimum absolute atomic E-state index is 0.115. The van der Waals surface area contributed by atoms with Crippen LogP contribution in [0.15, 0.2) is 48.7 Å². The lowest BCUT2D eigenvalue weighted by molar-refractivity contribution is -0.141. The summed E-state index contributed by atoms with van der Waals surface area (Å²) in [6.45, 7) is 1.91. The Morgan fingerprint density at radius 3 is 2.50 bits per heavy atom. The average molecular weight is 272 g/mol. The molecular formula is C15H16N2O3. The maximum atomic E-state index is 12.4. The van der Waals surface area contributed by atoms with Gasteiger partial charge in [0.15, 0.2) is 0 Å². The topological polar surface area (TPSA) is 62.4 Å². The molecule has 20 heavy (non-hydrogen) atoms. The number of hydrogen-bond acceptors (Lipinski definition) is 3. The van der Waals surface area contributed by atoms with Crippen LogP contribution in [0.2, 0.25) is 0 Å². The molecule has 1 aromatic heterocycles. The van der Waals surface area contributed by atoms with Gasteiger partial charge < -0.3 is 9.72 Å². The second kappa shape index (κ2) is 6.56. The van der Waals surface area contributed by atoms with E-state index in [0.29, 0.717) is 11.4 Å². The second-order valence-corrected chi connectivity index (χ2v) is 4.12. The first-order valence-electron chi connectivity index (χ1n) is 6.38. The standard InChI is InChI=1S/C15H16N2O3/c1-2-20-14(18)11-17(12-7-4-3-5-8-12)15(19)13-9-6-10-16-13/h3-10,16H,2,11H2,1H3. The highest BCUT2D eigenvalue weighted by atomic mass is 16.5. The van der Waals surface area contributed by atoms with E-state index in [2.05, 4.69) is 4.98 Å². The number of aromatic amines is 1. The number of esters is 1. The first-order valence-corrected chi connectivity index (χ1v) is 6.38. The van der Waals surface area contributed by atoms with Crippen LogP contribution in [-0.4, -0.2) is 30.0 Å². The van der Waals surface area contributed by atoms with Crippen molar-refractivity contribution in [2.75, 3.05) is 18.1 Å². The SMILES string of the molecule is CCOC(=O)CN(C(=O)c1ccc[nH]1)c1ccccc1. The summed E-state index contributed by atoms with van der Waals surface area (Å²) in [7, 11) is 0. The lowest BCUT2D eigenvalue weighted by atomic mass is 10.2. The van der Waals surface area contributed by atoms with Crippen LogP contribution < -0.4 is 4.90 Å². The maximum absolute atomic E-state index is 12.4. The van der Waals surface area contributed by atoms with Crippen LogP contribution in [0, 0.1) is 0 Å². The third-order valence-electron chi connectivity index (χ3n) is 2.73. The number of aromatic nitrogens is 1. The van der Waals surface area contributed by atoms with Crippen LogP contribution >= 0.6 is 0 Å². The number of anilines is 1. The zero-order valence-electron chi connectivity index (χ0n) is 11.2. The fourth-order valence-electron chi connectivity index (χ4n) is 1.83. The number of para-hydroxylation sites is 1. The number of nitrogens with one attached hydrogen (secondary N) is 1. The van der Waals surface area contributed by atoms with Gasteiger partial charge in [-0.15, -0.1) is 0 Å². The Bertz CT molecular complexity index is 564. The summed E-state index contributed by atoms with van der Waals surface area (Å²) in [6, 6.07) is 12.4. The van der Waals surface area contributed by atoms with Crippen LogP contribution in [0.25, 0.3) is 0 Å². The Labute approximate surface area is 117 Å². The van der Waals surface area contributed by atoms with E-state index in [4.69, 9.17) is 4.74 Å². The van der Waals surface area contributed by atoms with E-state index in [9.17, 15) is 9.59 Å². The minimum Gasteiger partial charge on any atom is -0.465 e. The first kappa shape index (κ1) is 13.9. The van der Waals surface area contributed by atoms with Gasteiger partial charge in [-0.2, -0.15) is 0 Å². The predicted octanol–water partition coefficient (Wildman–Crippen LogP) is 2.22. The number of amides is 1. The van der Waals surface area contributed by atoms with Gasteiger partial charge in [0.1, 0.15) is 12.2 Å². The summed E-state index contributed by atoms with van der Waals surface area (Å²) in [4.78, 5) is 28.3. The normalized spacial score (nSPS) is 10.1. The highest BCUT2D eigenvalue weighted by Crippen LogP contribution is 2.16.